The molecule has 5 rings (SSSR count). The Labute approximate surface area is 241 Å². The summed E-state index contributed by atoms with van der Waals surface area (Å²) in [7, 11) is 0. The largest absolute Gasteiger partial charge is 0.480 e. The maximum Gasteiger partial charge on any atom is 0.326 e. The van der Waals surface area contributed by atoms with Crippen LogP contribution in [-0.4, -0.2) is 65.4 Å². The number of rotatable bonds is 12. The summed E-state index contributed by atoms with van der Waals surface area (Å²) in [6.45, 7) is 9.93. The zero-order valence-corrected chi connectivity index (χ0v) is 24.8. The molecule has 5 aliphatic rings. The van der Waals surface area contributed by atoms with Crippen LogP contribution in [0, 0.1) is 29.6 Å². The molecule has 3 N–H and O–H groups in total. The molecule has 5 fully saturated rings. The fraction of sp³-hybridized carbons (Fsp3) is 0.862. The van der Waals surface area contributed by atoms with Crippen LogP contribution in [0.3, 0.4) is 0 Å². The van der Waals surface area contributed by atoms with Gasteiger partial charge in [0.1, 0.15) is 6.04 Å². The minimum atomic E-state index is -1.07. The second kappa shape index (κ2) is 12.9. The topological polar surface area (TPSA) is 159 Å². The van der Waals surface area contributed by atoms with Gasteiger partial charge in [-0.25, -0.2) is 14.6 Å². The van der Waals surface area contributed by atoms with Crippen LogP contribution < -0.4 is 10.6 Å². The van der Waals surface area contributed by atoms with E-state index in [1.807, 2.05) is 20.8 Å². The molecule has 0 aromatic heterocycles. The lowest BCUT2D eigenvalue weighted by Gasteiger charge is -2.59. The highest BCUT2D eigenvalue weighted by Gasteiger charge is 2.69. The third-order valence-electron chi connectivity index (χ3n) is 9.60. The molecule has 0 radical (unpaired) electrons. The van der Waals surface area contributed by atoms with Crippen molar-refractivity contribution in [1.29, 1.82) is 0 Å². The Hall–Kier alpha value is -2.28. The quantitative estimate of drug-likeness (QED) is 0.177. The van der Waals surface area contributed by atoms with Gasteiger partial charge >= 0.3 is 11.9 Å². The summed E-state index contributed by atoms with van der Waals surface area (Å²) >= 11 is 0. The van der Waals surface area contributed by atoms with E-state index < -0.39 is 41.9 Å². The first-order chi connectivity index (χ1) is 19.4. The lowest BCUT2D eigenvalue weighted by molar-refractivity contribution is -0.576. The van der Waals surface area contributed by atoms with Gasteiger partial charge in [-0.2, -0.15) is 0 Å². The molecule has 4 saturated heterocycles. The number of ether oxygens (including phenoxy) is 3. The van der Waals surface area contributed by atoms with Gasteiger partial charge in [-0.15, -0.1) is 0 Å². The number of fused-ring (bicyclic) bond motifs is 2. The van der Waals surface area contributed by atoms with Gasteiger partial charge in [-0.3, -0.25) is 14.4 Å². The number of carbonyl (C=O) groups is 4. The van der Waals surface area contributed by atoms with Crippen LogP contribution in [0.2, 0.25) is 0 Å². The third kappa shape index (κ3) is 6.71. The van der Waals surface area contributed by atoms with E-state index in [-0.39, 0.29) is 61.3 Å². The molecule has 0 aromatic carbocycles. The van der Waals surface area contributed by atoms with Crippen molar-refractivity contribution in [2.45, 2.75) is 122 Å². The van der Waals surface area contributed by atoms with Crippen LogP contribution >= 0.6 is 0 Å². The number of nitrogens with one attached hydrogen (secondary N) is 2. The Morgan fingerprint density at radius 3 is 2.49 bits per heavy atom. The highest BCUT2D eigenvalue weighted by molar-refractivity contribution is 5.84. The molecule has 12 nitrogen and oxygen atoms in total. The summed E-state index contributed by atoms with van der Waals surface area (Å²) < 4.78 is 18.3. The number of esters is 1. The molecule has 2 bridgehead atoms. The van der Waals surface area contributed by atoms with Gasteiger partial charge in [0, 0.05) is 37.6 Å². The molecule has 232 valence electrons. The predicted molar refractivity (Wildman–Crippen MR) is 143 cm³/mol. The average Bonchev–Trinajstić information content (AvgIpc) is 3.16. The van der Waals surface area contributed by atoms with Crippen LogP contribution in [0.25, 0.3) is 0 Å². The van der Waals surface area contributed by atoms with Gasteiger partial charge in [0.25, 0.3) is 0 Å². The molecule has 0 aromatic rings. The van der Waals surface area contributed by atoms with Crippen molar-refractivity contribution in [3.63, 3.8) is 0 Å². The molecular formula is C29H46N2O10. The second-order valence-corrected chi connectivity index (χ2v) is 12.5. The maximum atomic E-state index is 12.7. The van der Waals surface area contributed by atoms with Crippen LogP contribution in [0.15, 0.2) is 0 Å². The van der Waals surface area contributed by atoms with Gasteiger partial charge in [-0.1, -0.05) is 34.1 Å². The molecule has 4 aliphatic heterocycles. The Bertz CT molecular complexity index is 993. The van der Waals surface area contributed by atoms with Crippen LogP contribution in [0.1, 0.15) is 92.4 Å². The van der Waals surface area contributed by atoms with E-state index in [4.69, 9.17) is 24.0 Å². The first-order valence-electron chi connectivity index (χ1n) is 15.1. The zero-order valence-electron chi connectivity index (χ0n) is 24.8. The van der Waals surface area contributed by atoms with Crippen molar-refractivity contribution in [3.05, 3.63) is 0 Å². The molecule has 41 heavy (non-hydrogen) atoms. The number of hydrogen-bond acceptors (Lipinski definition) is 9. The highest BCUT2D eigenvalue weighted by atomic mass is 17.3. The average molecular weight is 583 g/mol. The zero-order chi connectivity index (χ0) is 29.9. The summed E-state index contributed by atoms with van der Waals surface area (Å²) in [5.41, 5.74) is -0.741. The van der Waals surface area contributed by atoms with Gasteiger partial charge in [0.2, 0.25) is 23.9 Å². The monoisotopic (exact) mass is 582 g/mol. The molecular weight excluding hydrogens is 536 g/mol. The summed E-state index contributed by atoms with van der Waals surface area (Å²) in [6.07, 6.45) is 2.84. The summed E-state index contributed by atoms with van der Waals surface area (Å²) in [5, 5.41) is 14.5. The number of aliphatic carboxylic acids is 1. The number of carbonyl (C=O) groups excluding carboxylic acids is 3. The molecule has 1 aliphatic carbocycles. The summed E-state index contributed by atoms with van der Waals surface area (Å²) in [6, 6.07) is -0.939. The van der Waals surface area contributed by atoms with E-state index in [0.717, 1.165) is 19.3 Å². The first kappa shape index (κ1) is 31.7. The molecule has 0 unspecified atom stereocenters. The Kier molecular flexibility index (Phi) is 9.98. The van der Waals surface area contributed by atoms with Crippen molar-refractivity contribution >= 4 is 23.8 Å². The maximum absolute atomic E-state index is 12.7. The molecule has 12 heteroatoms. The van der Waals surface area contributed by atoms with Crippen molar-refractivity contribution in [3.8, 4) is 0 Å². The number of amides is 2. The number of carboxylic acid groups (broad SMARTS) is 1. The van der Waals surface area contributed by atoms with Crippen molar-refractivity contribution < 1.29 is 48.3 Å². The van der Waals surface area contributed by atoms with E-state index >= 15 is 0 Å². The van der Waals surface area contributed by atoms with Gasteiger partial charge in [-0.05, 0) is 50.4 Å². The molecule has 1 spiro atoms. The smallest absolute Gasteiger partial charge is 0.326 e. The van der Waals surface area contributed by atoms with Crippen LogP contribution in [-0.2, 0) is 43.2 Å². The number of hydrogen-bond donors (Lipinski definition) is 3. The van der Waals surface area contributed by atoms with Crippen molar-refractivity contribution in [2.24, 2.45) is 29.6 Å². The summed E-state index contributed by atoms with van der Waals surface area (Å²) in [5.74, 6) is -2.93. The van der Waals surface area contributed by atoms with E-state index in [2.05, 4.69) is 17.6 Å². The fourth-order valence-corrected chi connectivity index (χ4v) is 6.90. The Balaban J connectivity index is 1.21. The standard InChI is InChI=1S/C29H46N2O10/c1-6-16(2)24(25(35)36)31-22(33)8-7-15-30-21(32)11-12-23(34)37-26-18(4)20-10-9-17(3)19-13-14-28(5)39-27(38-26)29(19,20)41-40-28/h16-20,24,26-27H,6-15H2,1-5H3,(H,30,32)(H,31,33)(H,35,36)/t16-,17+,18+,19-,20-,24-,26-,27-,28+,29-/m0/s1. The van der Waals surface area contributed by atoms with Gasteiger partial charge < -0.3 is 30.0 Å². The Morgan fingerprint density at radius 1 is 1.02 bits per heavy atom. The third-order valence-corrected chi connectivity index (χ3v) is 9.60. The van der Waals surface area contributed by atoms with Crippen molar-refractivity contribution in [2.75, 3.05) is 6.54 Å². The van der Waals surface area contributed by atoms with E-state index in [1.165, 1.54) is 0 Å². The van der Waals surface area contributed by atoms with Gasteiger partial charge in [0.15, 0.2) is 11.9 Å². The SMILES string of the molecule is CC[C@H](C)[C@H](NC(=O)CCCNC(=O)CCC(=O)O[C@H]1O[C@H]2O[C@@]3(C)CC[C@H]4[C@H](C)CC[C@@H]([C@H]1C)[C@]24OO3)C(=O)O. The van der Waals surface area contributed by atoms with Crippen molar-refractivity contribution in [1.82, 2.24) is 10.6 Å². The fourth-order valence-electron chi connectivity index (χ4n) is 6.90. The normalized spacial score (nSPS) is 37.2. The molecule has 2 amide bonds. The first-order valence-corrected chi connectivity index (χ1v) is 15.1. The van der Waals surface area contributed by atoms with Crippen LogP contribution in [0.4, 0.5) is 0 Å². The van der Waals surface area contributed by atoms with E-state index in [9.17, 15) is 24.3 Å². The van der Waals surface area contributed by atoms with Gasteiger partial charge in [0.05, 0.1) is 6.42 Å². The molecule has 10 atom stereocenters. The highest BCUT2D eigenvalue weighted by Crippen LogP contribution is 2.60. The molecule has 1 saturated carbocycles. The minimum Gasteiger partial charge on any atom is -0.480 e. The lowest BCUT2D eigenvalue weighted by Crippen LogP contribution is -2.70. The summed E-state index contributed by atoms with van der Waals surface area (Å²) in [4.78, 5) is 60.4. The number of carboxylic acids is 1. The molecule has 4 heterocycles. The van der Waals surface area contributed by atoms with E-state index in [1.54, 1.807) is 6.92 Å². The lowest BCUT2D eigenvalue weighted by atomic mass is 9.58. The Morgan fingerprint density at radius 2 is 1.78 bits per heavy atom. The predicted octanol–water partition coefficient (Wildman–Crippen LogP) is 3.03. The van der Waals surface area contributed by atoms with Crippen LogP contribution in [0.5, 0.6) is 0 Å². The minimum absolute atomic E-state index is 0.0272. The van der Waals surface area contributed by atoms with E-state index in [0.29, 0.717) is 25.2 Å². The second-order valence-electron chi connectivity index (χ2n) is 12.5.